The van der Waals surface area contributed by atoms with Crippen molar-refractivity contribution in [2.24, 2.45) is 0 Å². The molecule has 0 aliphatic carbocycles. The van der Waals surface area contributed by atoms with Gasteiger partial charge < -0.3 is 14.9 Å². The van der Waals surface area contributed by atoms with Crippen molar-refractivity contribution in [2.75, 3.05) is 29.4 Å². The Labute approximate surface area is 183 Å². The Kier molecular flexibility index (Phi) is 6.13. The van der Waals surface area contributed by atoms with Crippen molar-refractivity contribution < 1.29 is 5.11 Å². The van der Waals surface area contributed by atoms with Crippen LogP contribution in [0, 0.1) is 13.8 Å². The third kappa shape index (κ3) is 4.51. The lowest BCUT2D eigenvalue weighted by molar-refractivity contribution is 0.194. The van der Waals surface area contributed by atoms with Crippen LogP contribution in [0.1, 0.15) is 48.0 Å². The minimum Gasteiger partial charge on any atom is -0.387 e. The third-order valence-corrected chi connectivity index (χ3v) is 6.12. The monoisotopic (exact) mass is 418 g/mol. The number of aliphatic hydroxyl groups is 1. The summed E-state index contributed by atoms with van der Waals surface area (Å²) in [7, 11) is 0. The Bertz CT molecular complexity index is 1020. The van der Waals surface area contributed by atoms with Crippen LogP contribution in [0.25, 0.3) is 0 Å². The molecule has 2 atom stereocenters. The maximum Gasteiger partial charge on any atom is 0.154 e. The fraction of sp³-hybridized carbons (Fsp3) is 0.417. The normalized spacial score (nSPS) is 17.6. The van der Waals surface area contributed by atoms with Crippen molar-refractivity contribution in [3.05, 3.63) is 70.8 Å². The van der Waals surface area contributed by atoms with Crippen molar-refractivity contribution in [3.8, 4) is 0 Å². The number of nitrogens with zero attached hydrogens (tertiary/aromatic N) is 6. The van der Waals surface area contributed by atoms with Crippen molar-refractivity contribution >= 4 is 11.6 Å². The zero-order chi connectivity index (χ0) is 22.0. The molecule has 4 rings (SSSR count). The lowest BCUT2D eigenvalue weighted by Crippen LogP contribution is -2.53. The molecule has 1 N–H and O–H groups in total. The highest BCUT2D eigenvalue weighted by Gasteiger charge is 2.27. The highest BCUT2D eigenvalue weighted by Crippen LogP contribution is 2.26. The van der Waals surface area contributed by atoms with Crippen LogP contribution in [0.5, 0.6) is 0 Å². The molecule has 162 valence electrons. The number of hydrogen-bond acceptors (Lipinski definition) is 7. The number of rotatable bonds is 5. The summed E-state index contributed by atoms with van der Waals surface area (Å²) >= 11 is 0. The minimum atomic E-state index is -0.606. The fourth-order valence-corrected chi connectivity index (χ4v) is 4.09. The van der Waals surface area contributed by atoms with Gasteiger partial charge in [0.1, 0.15) is 5.82 Å². The zero-order valence-electron chi connectivity index (χ0n) is 18.7. The molecule has 0 bridgehead atoms. The van der Waals surface area contributed by atoms with E-state index in [4.69, 9.17) is 0 Å². The predicted octanol–water partition coefficient (Wildman–Crippen LogP) is 3.24. The van der Waals surface area contributed by atoms with E-state index in [1.165, 1.54) is 16.7 Å². The minimum absolute atomic E-state index is 0.256. The number of benzene rings is 1. The molecule has 3 aromatic rings. The number of aromatic nitrogens is 4. The number of aliphatic hydroxyl groups excluding tert-OH is 1. The predicted molar refractivity (Wildman–Crippen MR) is 122 cm³/mol. The Morgan fingerprint density at radius 2 is 1.81 bits per heavy atom. The van der Waals surface area contributed by atoms with E-state index >= 15 is 0 Å². The molecule has 31 heavy (non-hydrogen) atoms. The van der Waals surface area contributed by atoms with Gasteiger partial charge >= 0.3 is 0 Å². The number of piperazine rings is 1. The molecule has 7 heteroatoms. The molecule has 1 aromatic carbocycles. The topological polar surface area (TPSA) is 78.3 Å². The van der Waals surface area contributed by atoms with Crippen LogP contribution in [0.2, 0.25) is 0 Å². The van der Waals surface area contributed by atoms with Gasteiger partial charge in [0.2, 0.25) is 0 Å². The molecule has 1 unspecified atom stereocenters. The smallest absolute Gasteiger partial charge is 0.154 e. The SMILES string of the molecule is Cc1c(Cc2ccccc2)nnc(N2CCN(c3cnc(C(C)O)cn3)[C@H](C)C2)c1C. The maximum absolute atomic E-state index is 9.65. The van der Waals surface area contributed by atoms with Gasteiger partial charge in [-0.05, 0) is 44.4 Å². The van der Waals surface area contributed by atoms with Gasteiger partial charge in [0.05, 0.1) is 29.9 Å². The van der Waals surface area contributed by atoms with Crippen molar-refractivity contribution in [1.29, 1.82) is 0 Å². The molecule has 0 saturated carbocycles. The van der Waals surface area contributed by atoms with E-state index < -0.39 is 6.10 Å². The zero-order valence-corrected chi connectivity index (χ0v) is 18.7. The largest absolute Gasteiger partial charge is 0.387 e. The van der Waals surface area contributed by atoms with Gasteiger partial charge in [0.25, 0.3) is 0 Å². The van der Waals surface area contributed by atoms with Gasteiger partial charge in [0.15, 0.2) is 5.82 Å². The lowest BCUT2D eigenvalue weighted by atomic mass is 10.0. The Morgan fingerprint density at radius 3 is 2.45 bits per heavy atom. The molecule has 1 fully saturated rings. The highest BCUT2D eigenvalue weighted by molar-refractivity contribution is 5.53. The summed E-state index contributed by atoms with van der Waals surface area (Å²) in [6, 6.07) is 10.7. The Hall–Kier alpha value is -3.06. The summed E-state index contributed by atoms with van der Waals surface area (Å²) < 4.78 is 0. The van der Waals surface area contributed by atoms with Crippen LogP contribution in [0.3, 0.4) is 0 Å². The Balaban J connectivity index is 1.48. The van der Waals surface area contributed by atoms with Crippen LogP contribution in [0.4, 0.5) is 11.6 Å². The molecule has 0 spiro atoms. The van der Waals surface area contributed by atoms with Crippen LogP contribution < -0.4 is 9.80 Å². The molecular formula is C24H30N6O. The van der Waals surface area contributed by atoms with E-state index in [9.17, 15) is 5.11 Å². The summed E-state index contributed by atoms with van der Waals surface area (Å²) in [5, 5.41) is 18.9. The van der Waals surface area contributed by atoms with E-state index in [0.717, 1.165) is 43.4 Å². The van der Waals surface area contributed by atoms with Gasteiger partial charge in [-0.1, -0.05) is 30.3 Å². The average molecular weight is 419 g/mol. The molecule has 0 radical (unpaired) electrons. The van der Waals surface area contributed by atoms with Crippen LogP contribution in [-0.4, -0.2) is 50.9 Å². The first-order valence-electron chi connectivity index (χ1n) is 10.8. The van der Waals surface area contributed by atoms with Crippen molar-refractivity contribution in [1.82, 2.24) is 20.2 Å². The number of hydrogen-bond donors (Lipinski definition) is 1. The molecule has 1 aliphatic rings. The van der Waals surface area contributed by atoms with Crippen LogP contribution >= 0.6 is 0 Å². The Morgan fingerprint density at radius 1 is 1.03 bits per heavy atom. The lowest BCUT2D eigenvalue weighted by Gasteiger charge is -2.41. The molecule has 1 saturated heterocycles. The first kappa shape index (κ1) is 21.2. The first-order valence-corrected chi connectivity index (χ1v) is 10.8. The van der Waals surface area contributed by atoms with Gasteiger partial charge in [-0.3, -0.25) is 4.98 Å². The molecule has 1 aliphatic heterocycles. The van der Waals surface area contributed by atoms with Gasteiger partial charge in [-0.2, -0.15) is 5.10 Å². The summed E-state index contributed by atoms with van der Waals surface area (Å²) in [6.45, 7) is 10.7. The molecule has 0 amide bonds. The van der Waals surface area contributed by atoms with Gasteiger partial charge in [-0.25, -0.2) is 4.98 Å². The maximum atomic E-state index is 9.65. The average Bonchev–Trinajstić information content (AvgIpc) is 2.78. The van der Waals surface area contributed by atoms with Gasteiger partial charge in [0, 0.05) is 32.1 Å². The summed E-state index contributed by atoms with van der Waals surface area (Å²) in [6.07, 6.45) is 3.60. The first-order chi connectivity index (χ1) is 14.9. The van der Waals surface area contributed by atoms with Crippen LogP contribution in [-0.2, 0) is 6.42 Å². The van der Waals surface area contributed by atoms with E-state index in [2.05, 4.69) is 75.0 Å². The van der Waals surface area contributed by atoms with Gasteiger partial charge in [-0.15, -0.1) is 5.10 Å². The second kappa shape index (κ2) is 8.98. The van der Waals surface area contributed by atoms with E-state index in [1.54, 1.807) is 19.3 Å². The number of anilines is 2. The van der Waals surface area contributed by atoms with Crippen molar-refractivity contribution in [3.63, 3.8) is 0 Å². The van der Waals surface area contributed by atoms with Crippen LogP contribution in [0.15, 0.2) is 42.7 Å². The van der Waals surface area contributed by atoms with E-state index in [0.29, 0.717) is 5.69 Å². The second-order valence-corrected chi connectivity index (χ2v) is 8.35. The second-order valence-electron chi connectivity index (χ2n) is 8.35. The molecule has 2 aromatic heterocycles. The summed E-state index contributed by atoms with van der Waals surface area (Å²) in [5.41, 5.74) is 5.28. The fourth-order valence-electron chi connectivity index (χ4n) is 4.09. The summed E-state index contributed by atoms with van der Waals surface area (Å²) in [4.78, 5) is 13.4. The third-order valence-electron chi connectivity index (χ3n) is 6.12. The van der Waals surface area contributed by atoms with E-state index in [1.807, 2.05) is 6.07 Å². The molecular weight excluding hydrogens is 388 g/mol. The van der Waals surface area contributed by atoms with E-state index in [-0.39, 0.29) is 6.04 Å². The quantitative estimate of drug-likeness (QED) is 0.681. The highest BCUT2D eigenvalue weighted by atomic mass is 16.3. The standard InChI is InChI=1S/C24H30N6O/c1-16-15-29(10-11-30(16)23-14-25-22(13-26-23)19(4)31)24-18(3)17(2)21(27-28-24)12-20-8-6-5-7-9-20/h5-9,13-14,16,19,31H,10-12,15H2,1-4H3/t16-,19?/m1/s1. The van der Waals surface area contributed by atoms with Crippen molar-refractivity contribution in [2.45, 2.75) is 46.3 Å². The molecule has 3 heterocycles. The summed E-state index contributed by atoms with van der Waals surface area (Å²) in [5.74, 6) is 1.81. The molecule has 7 nitrogen and oxygen atoms in total.